The van der Waals surface area contributed by atoms with Crippen LogP contribution in [0.1, 0.15) is 38.8 Å². The third kappa shape index (κ3) is 1.92. The van der Waals surface area contributed by atoms with Gasteiger partial charge in [0.05, 0.1) is 12.2 Å². The zero-order valence-electron chi connectivity index (χ0n) is 10.9. The molecule has 0 bridgehead atoms. The predicted octanol–water partition coefficient (Wildman–Crippen LogP) is 2.46. The number of aromatic nitrogens is 2. The average molecular weight is 248 g/mol. The zero-order chi connectivity index (χ0) is 13.4. The first-order chi connectivity index (χ1) is 8.41. The van der Waals surface area contributed by atoms with Crippen LogP contribution in [0.2, 0.25) is 0 Å². The third-order valence-corrected chi connectivity index (χ3v) is 3.19. The van der Waals surface area contributed by atoms with Gasteiger partial charge in [0.1, 0.15) is 11.5 Å². The first-order valence-corrected chi connectivity index (χ1v) is 5.73. The molecule has 5 heteroatoms. The number of carboxylic acids is 1. The number of carbonyl (C=O) groups is 1. The van der Waals surface area contributed by atoms with Crippen LogP contribution in [0.25, 0.3) is 0 Å². The van der Waals surface area contributed by atoms with Crippen LogP contribution in [0.5, 0.6) is 0 Å². The van der Waals surface area contributed by atoms with Crippen LogP contribution in [-0.2, 0) is 6.54 Å². The van der Waals surface area contributed by atoms with Gasteiger partial charge >= 0.3 is 5.97 Å². The monoisotopic (exact) mass is 248 g/mol. The molecule has 0 atom stereocenters. The number of hydrogen-bond donors (Lipinski definition) is 1. The van der Waals surface area contributed by atoms with Gasteiger partial charge in [-0.1, -0.05) is 5.16 Å². The summed E-state index contributed by atoms with van der Waals surface area (Å²) < 4.78 is 6.89. The van der Waals surface area contributed by atoms with Crippen molar-refractivity contribution >= 4 is 5.97 Å². The fourth-order valence-corrected chi connectivity index (χ4v) is 2.22. The SMILES string of the molecule is Cc1cc(C)n(Cc2c(C)noc2C)c1C(=O)O. The number of aromatic carboxylic acids is 1. The van der Waals surface area contributed by atoms with E-state index < -0.39 is 5.97 Å². The molecule has 0 spiro atoms. The fraction of sp³-hybridized carbons (Fsp3) is 0.385. The Labute approximate surface area is 105 Å². The summed E-state index contributed by atoms with van der Waals surface area (Å²) in [6.45, 7) is 7.87. The van der Waals surface area contributed by atoms with Crippen molar-refractivity contribution in [1.82, 2.24) is 9.72 Å². The van der Waals surface area contributed by atoms with E-state index in [1.165, 1.54) is 0 Å². The number of aryl methyl sites for hydroxylation is 4. The molecule has 0 aromatic carbocycles. The Morgan fingerprint density at radius 3 is 2.56 bits per heavy atom. The van der Waals surface area contributed by atoms with Crippen LogP contribution in [-0.4, -0.2) is 20.8 Å². The largest absolute Gasteiger partial charge is 0.477 e. The number of rotatable bonds is 3. The lowest BCUT2D eigenvalue weighted by Crippen LogP contribution is -2.12. The van der Waals surface area contributed by atoms with Gasteiger partial charge in [-0.2, -0.15) is 0 Å². The van der Waals surface area contributed by atoms with E-state index in [4.69, 9.17) is 4.52 Å². The fourth-order valence-electron chi connectivity index (χ4n) is 2.22. The van der Waals surface area contributed by atoms with Crippen molar-refractivity contribution in [2.75, 3.05) is 0 Å². The van der Waals surface area contributed by atoms with Crippen LogP contribution in [0.4, 0.5) is 0 Å². The van der Waals surface area contributed by atoms with Gasteiger partial charge in [-0.25, -0.2) is 4.79 Å². The second-order valence-electron chi connectivity index (χ2n) is 4.51. The van der Waals surface area contributed by atoms with E-state index >= 15 is 0 Å². The molecule has 2 heterocycles. The lowest BCUT2D eigenvalue weighted by Gasteiger charge is -2.09. The maximum absolute atomic E-state index is 11.3. The van der Waals surface area contributed by atoms with Gasteiger partial charge in [-0.05, 0) is 39.3 Å². The van der Waals surface area contributed by atoms with Gasteiger partial charge in [0.15, 0.2) is 0 Å². The smallest absolute Gasteiger partial charge is 0.352 e. The number of hydrogen-bond acceptors (Lipinski definition) is 3. The van der Waals surface area contributed by atoms with E-state index in [-0.39, 0.29) is 0 Å². The molecule has 1 N–H and O–H groups in total. The lowest BCUT2D eigenvalue weighted by molar-refractivity contribution is 0.0684. The lowest BCUT2D eigenvalue weighted by atomic mass is 10.2. The number of nitrogens with zero attached hydrogens (tertiary/aromatic N) is 2. The van der Waals surface area contributed by atoms with Crippen LogP contribution >= 0.6 is 0 Å². The summed E-state index contributed by atoms with van der Waals surface area (Å²) >= 11 is 0. The summed E-state index contributed by atoms with van der Waals surface area (Å²) in [7, 11) is 0. The Balaban J connectivity index is 2.50. The summed E-state index contributed by atoms with van der Waals surface area (Å²) in [4.78, 5) is 11.3. The molecule has 0 aliphatic carbocycles. The Morgan fingerprint density at radius 2 is 2.06 bits per heavy atom. The van der Waals surface area contributed by atoms with E-state index in [1.54, 1.807) is 11.5 Å². The highest BCUT2D eigenvalue weighted by molar-refractivity contribution is 5.88. The Kier molecular flexibility index (Phi) is 2.98. The summed E-state index contributed by atoms with van der Waals surface area (Å²) in [6.07, 6.45) is 0. The van der Waals surface area contributed by atoms with Crippen molar-refractivity contribution in [2.24, 2.45) is 0 Å². The molecular weight excluding hydrogens is 232 g/mol. The van der Waals surface area contributed by atoms with Crippen LogP contribution in [0.3, 0.4) is 0 Å². The van der Waals surface area contributed by atoms with Gasteiger partial charge in [-0.3, -0.25) is 0 Å². The molecule has 0 radical (unpaired) electrons. The summed E-state index contributed by atoms with van der Waals surface area (Å²) in [5.41, 5.74) is 3.76. The topological polar surface area (TPSA) is 68.3 Å². The molecule has 0 aliphatic heterocycles. The minimum Gasteiger partial charge on any atom is -0.477 e. The molecular formula is C13H16N2O3. The quantitative estimate of drug-likeness (QED) is 0.905. The van der Waals surface area contributed by atoms with Crippen LogP contribution in [0.15, 0.2) is 10.6 Å². The molecule has 0 fully saturated rings. The minimum absolute atomic E-state index is 0.326. The first-order valence-electron chi connectivity index (χ1n) is 5.73. The highest BCUT2D eigenvalue weighted by Gasteiger charge is 2.19. The Bertz CT molecular complexity index is 589. The van der Waals surface area contributed by atoms with Gasteiger partial charge in [0.25, 0.3) is 0 Å². The minimum atomic E-state index is -0.910. The molecule has 0 saturated carbocycles. The van der Waals surface area contributed by atoms with Gasteiger partial charge in [0, 0.05) is 11.3 Å². The summed E-state index contributed by atoms with van der Waals surface area (Å²) in [5, 5.41) is 13.2. The highest BCUT2D eigenvalue weighted by Crippen LogP contribution is 2.20. The van der Waals surface area contributed by atoms with Crippen molar-refractivity contribution in [1.29, 1.82) is 0 Å². The molecule has 5 nitrogen and oxygen atoms in total. The van der Waals surface area contributed by atoms with Crippen LogP contribution < -0.4 is 0 Å². The summed E-state index contributed by atoms with van der Waals surface area (Å²) in [6, 6.07) is 1.88. The molecule has 2 aromatic rings. The molecule has 18 heavy (non-hydrogen) atoms. The standard InChI is InChI=1S/C13H16N2O3/c1-7-5-8(2)15(12(7)13(16)17)6-11-9(3)14-18-10(11)4/h5H,6H2,1-4H3,(H,16,17). The zero-order valence-corrected chi connectivity index (χ0v) is 10.9. The van der Waals surface area contributed by atoms with Crippen molar-refractivity contribution in [3.05, 3.63) is 40.0 Å². The first kappa shape index (κ1) is 12.4. The second-order valence-corrected chi connectivity index (χ2v) is 4.51. The summed E-state index contributed by atoms with van der Waals surface area (Å²) in [5.74, 6) is -0.179. The van der Waals surface area contributed by atoms with Crippen molar-refractivity contribution in [2.45, 2.75) is 34.2 Å². The Morgan fingerprint density at radius 1 is 1.39 bits per heavy atom. The molecule has 0 amide bonds. The van der Waals surface area contributed by atoms with E-state index in [2.05, 4.69) is 5.16 Å². The molecule has 0 unspecified atom stereocenters. The van der Waals surface area contributed by atoms with E-state index in [0.29, 0.717) is 12.2 Å². The molecule has 96 valence electrons. The normalized spacial score (nSPS) is 10.9. The second kappa shape index (κ2) is 4.33. The average Bonchev–Trinajstić information content (AvgIpc) is 2.72. The molecule has 2 aromatic heterocycles. The highest BCUT2D eigenvalue weighted by atomic mass is 16.5. The van der Waals surface area contributed by atoms with Crippen molar-refractivity contribution in [3.63, 3.8) is 0 Å². The third-order valence-electron chi connectivity index (χ3n) is 3.19. The van der Waals surface area contributed by atoms with Crippen LogP contribution in [0, 0.1) is 27.7 Å². The maximum atomic E-state index is 11.3. The van der Waals surface area contributed by atoms with Crippen molar-refractivity contribution in [3.8, 4) is 0 Å². The maximum Gasteiger partial charge on any atom is 0.352 e. The van der Waals surface area contributed by atoms with E-state index in [1.807, 2.05) is 26.8 Å². The van der Waals surface area contributed by atoms with Gasteiger partial charge < -0.3 is 14.2 Å². The van der Waals surface area contributed by atoms with E-state index in [0.717, 1.165) is 28.3 Å². The Hall–Kier alpha value is -2.04. The molecule has 2 rings (SSSR count). The van der Waals surface area contributed by atoms with Crippen molar-refractivity contribution < 1.29 is 14.4 Å². The number of carboxylic acid groups (broad SMARTS) is 1. The van der Waals surface area contributed by atoms with Gasteiger partial charge in [0.2, 0.25) is 0 Å². The molecule has 0 aliphatic rings. The molecule has 0 saturated heterocycles. The van der Waals surface area contributed by atoms with Gasteiger partial charge in [-0.15, -0.1) is 0 Å². The van der Waals surface area contributed by atoms with E-state index in [9.17, 15) is 9.90 Å². The predicted molar refractivity (Wildman–Crippen MR) is 65.9 cm³/mol.